The summed E-state index contributed by atoms with van der Waals surface area (Å²) in [5.74, 6) is 0. The molecule has 1 unspecified atom stereocenters. The maximum atomic E-state index is 5.95. The van der Waals surface area contributed by atoms with Gasteiger partial charge in [0, 0.05) is 25.1 Å². The smallest absolute Gasteiger partial charge is 0.0931 e. The zero-order valence-electron chi connectivity index (χ0n) is 9.78. The fourth-order valence-corrected chi connectivity index (χ4v) is 2.90. The van der Waals surface area contributed by atoms with E-state index in [1.807, 2.05) is 6.07 Å². The van der Waals surface area contributed by atoms with E-state index >= 15 is 0 Å². The monoisotopic (exact) mass is 262 g/mol. The minimum Gasteiger partial charge on any atom is -0.383 e. The van der Waals surface area contributed by atoms with Crippen LogP contribution in [-0.2, 0) is 4.74 Å². The van der Waals surface area contributed by atoms with Crippen LogP contribution < -0.4 is 5.73 Å². The molecule has 0 aliphatic heterocycles. The second-order valence-electron chi connectivity index (χ2n) is 3.51. The second-order valence-corrected chi connectivity index (χ2v) is 5.26. The lowest BCUT2D eigenvalue weighted by atomic mass is 10.2. The van der Waals surface area contributed by atoms with Gasteiger partial charge in [-0.3, -0.25) is 4.90 Å². The lowest BCUT2D eigenvalue weighted by Crippen LogP contribution is -2.35. The molecule has 0 radical (unpaired) electrons. The molecule has 1 atom stereocenters. The van der Waals surface area contributed by atoms with Crippen LogP contribution in [0.5, 0.6) is 0 Å². The van der Waals surface area contributed by atoms with E-state index in [0.717, 1.165) is 24.0 Å². The Hall–Kier alpha value is -0.130. The predicted octanol–water partition coefficient (Wildman–Crippen LogP) is 2.37. The van der Waals surface area contributed by atoms with Crippen molar-refractivity contribution in [3.05, 3.63) is 21.3 Å². The molecule has 0 saturated carbocycles. The average Bonchev–Trinajstić information content (AvgIpc) is 2.70. The van der Waals surface area contributed by atoms with Gasteiger partial charge in [0.15, 0.2) is 0 Å². The van der Waals surface area contributed by atoms with Crippen molar-refractivity contribution in [2.45, 2.75) is 13.0 Å². The highest BCUT2D eigenvalue weighted by atomic mass is 35.5. The van der Waals surface area contributed by atoms with Crippen LogP contribution in [0.1, 0.15) is 17.8 Å². The van der Waals surface area contributed by atoms with Crippen molar-refractivity contribution in [2.75, 3.05) is 33.4 Å². The largest absolute Gasteiger partial charge is 0.383 e. The van der Waals surface area contributed by atoms with E-state index in [1.54, 1.807) is 18.4 Å². The van der Waals surface area contributed by atoms with E-state index in [0.29, 0.717) is 6.54 Å². The first-order valence-electron chi connectivity index (χ1n) is 5.41. The molecule has 16 heavy (non-hydrogen) atoms. The van der Waals surface area contributed by atoms with Gasteiger partial charge in [0.25, 0.3) is 0 Å². The number of rotatable bonds is 7. The van der Waals surface area contributed by atoms with Crippen LogP contribution in [0.25, 0.3) is 0 Å². The predicted molar refractivity (Wildman–Crippen MR) is 70.2 cm³/mol. The van der Waals surface area contributed by atoms with Gasteiger partial charge >= 0.3 is 0 Å². The van der Waals surface area contributed by atoms with E-state index in [4.69, 9.17) is 22.1 Å². The number of nitrogens with zero attached hydrogens (tertiary/aromatic N) is 1. The molecule has 0 amide bonds. The van der Waals surface area contributed by atoms with E-state index in [2.05, 4.69) is 17.9 Å². The van der Waals surface area contributed by atoms with Crippen molar-refractivity contribution < 1.29 is 4.74 Å². The van der Waals surface area contributed by atoms with Crippen molar-refractivity contribution in [2.24, 2.45) is 5.73 Å². The molecule has 1 heterocycles. The molecule has 0 aromatic carbocycles. The van der Waals surface area contributed by atoms with Crippen molar-refractivity contribution in [3.8, 4) is 0 Å². The van der Waals surface area contributed by atoms with Gasteiger partial charge in [0.05, 0.1) is 17.0 Å². The highest BCUT2D eigenvalue weighted by Crippen LogP contribution is 2.29. The lowest BCUT2D eigenvalue weighted by Gasteiger charge is -2.28. The topological polar surface area (TPSA) is 38.5 Å². The Kier molecular flexibility index (Phi) is 6.31. The second kappa shape index (κ2) is 7.25. The van der Waals surface area contributed by atoms with Gasteiger partial charge in [-0.05, 0) is 18.7 Å². The number of methoxy groups -OCH3 is 1. The molecule has 1 aromatic heterocycles. The molecule has 2 N–H and O–H groups in total. The van der Waals surface area contributed by atoms with Gasteiger partial charge in [-0.25, -0.2) is 0 Å². The van der Waals surface area contributed by atoms with Gasteiger partial charge in [0.2, 0.25) is 0 Å². The third kappa shape index (κ3) is 3.71. The molecule has 3 nitrogen and oxygen atoms in total. The highest BCUT2D eigenvalue weighted by Gasteiger charge is 2.18. The first-order chi connectivity index (χ1) is 7.72. The lowest BCUT2D eigenvalue weighted by molar-refractivity contribution is 0.127. The molecule has 0 spiro atoms. The number of ether oxygens (including phenoxy) is 1. The molecule has 0 saturated heterocycles. The van der Waals surface area contributed by atoms with Gasteiger partial charge in [-0.2, -0.15) is 0 Å². The van der Waals surface area contributed by atoms with Crippen LogP contribution in [0.4, 0.5) is 0 Å². The van der Waals surface area contributed by atoms with Gasteiger partial charge in [0.1, 0.15) is 0 Å². The molecule has 1 aromatic rings. The molecule has 0 bridgehead atoms. The van der Waals surface area contributed by atoms with Crippen LogP contribution >= 0.6 is 22.9 Å². The molecule has 5 heteroatoms. The fraction of sp³-hybridized carbons (Fsp3) is 0.636. The fourth-order valence-electron chi connectivity index (χ4n) is 1.70. The molecule has 0 fully saturated rings. The highest BCUT2D eigenvalue weighted by molar-refractivity contribution is 7.16. The molecule has 0 aliphatic carbocycles. The Bertz CT molecular complexity index is 306. The number of likely N-dealkylation sites (N-methyl/N-ethyl adjacent to an activating group) is 1. The van der Waals surface area contributed by atoms with E-state index in [-0.39, 0.29) is 6.04 Å². The van der Waals surface area contributed by atoms with Crippen LogP contribution in [0.2, 0.25) is 4.34 Å². The maximum absolute atomic E-state index is 5.95. The van der Waals surface area contributed by atoms with Gasteiger partial charge in [-0.15, -0.1) is 11.3 Å². The average molecular weight is 263 g/mol. The number of nitrogens with two attached hydrogens (primary N) is 1. The molecular weight excluding hydrogens is 244 g/mol. The third-order valence-electron chi connectivity index (χ3n) is 2.58. The number of halogens is 1. The zero-order chi connectivity index (χ0) is 12.0. The number of hydrogen-bond acceptors (Lipinski definition) is 4. The Labute approximate surface area is 106 Å². The summed E-state index contributed by atoms with van der Waals surface area (Å²) in [7, 11) is 1.72. The summed E-state index contributed by atoms with van der Waals surface area (Å²) in [6, 6.07) is 4.23. The minimum absolute atomic E-state index is 0.248. The van der Waals surface area contributed by atoms with Crippen LogP contribution in [0, 0.1) is 0 Å². The van der Waals surface area contributed by atoms with Crippen molar-refractivity contribution in [1.29, 1.82) is 0 Å². The minimum atomic E-state index is 0.248. The Morgan fingerprint density at radius 2 is 2.31 bits per heavy atom. The summed E-state index contributed by atoms with van der Waals surface area (Å²) >= 11 is 7.55. The molecule has 0 aliphatic rings. The van der Waals surface area contributed by atoms with Gasteiger partial charge in [-0.1, -0.05) is 18.5 Å². The number of hydrogen-bond donors (Lipinski definition) is 1. The first kappa shape index (κ1) is 13.9. The zero-order valence-corrected chi connectivity index (χ0v) is 11.4. The van der Waals surface area contributed by atoms with Gasteiger partial charge < -0.3 is 10.5 Å². The summed E-state index contributed by atoms with van der Waals surface area (Å²) in [6.07, 6.45) is 0. The van der Waals surface area contributed by atoms with Crippen LogP contribution in [-0.4, -0.2) is 38.3 Å². The Morgan fingerprint density at radius 1 is 1.56 bits per heavy atom. The SMILES string of the molecule is CCN(CCOC)C(CN)c1ccc(Cl)s1. The van der Waals surface area contributed by atoms with E-state index in [9.17, 15) is 0 Å². The molecule has 1 rings (SSSR count). The third-order valence-corrected chi connectivity index (χ3v) is 3.91. The Morgan fingerprint density at radius 3 is 2.75 bits per heavy atom. The standard InChI is InChI=1S/C11H19ClN2OS/c1-3-14(6-7-15-2)9(8-13)10-4-5-11(12)16-10/h4-5,9H,3,6-8,13H2,1-2H3. The van der Waals surface area contributed by atoms with Crippen molar-refractivity contribution in [3.63, 3.8) is 0 Å². The Balaban J connectivity index is 2.70. The summed E-state index contributed by atoms with van der Waals surface area (Å²) in [5.41, 5.74) is 5.84. The van der Waals surface area contributed by atoms with Crippen LogP contribution in [0.3, 0.4) is 0 Å². The summed E-state index contributed by atoms with van der Waals surface area (Å²) in [6.45, 7) is 5.32. The van der Waals surface area contributed by atoms with Crippen molar-refractivity contribution in [1.82, 2.24) is 4.90 Å². The number of thiophene rings is 1. The molecule has 92 valence electrons. The van der Waals surface area contributed by atoms with E-state index in [1.165, 1.54) is 4.88 Å². The van der Waals surface area contributed by atoms with Crippen molar-refractivity contribution >= 4 is 22.9 Å². The van der Waals surface area contributed by atoms with Crippen LogP contribution in [0.15, 0.2) is 12.1 Å². The molecular formula is C11H19ClN2OS. The maximum Gasteiger partial charge on any atom is 0.0931 e. The first-order valence-corrected chi connectivity index (χ1v) is 6.60. The normalized spacial score (nSPS) is 13.3. The van der Waals surface area contributed by atoms with E-state index < -0.39 is 0 Å². The summed E-state index contributed by atoms with van der Waals surface area (Å²) in [4.78, 5) is 3.54. The summed E-state index contributed by atoms with van der Waals surface area (Å²) in [5, 5.41) is 0. The summed E-state index contributed by atoms with van der Waals surface area (Å²) < 4.78 is 5.92. The quantitative estimate of drug-likeness (QED) is 0.820.